The van der Waals surface area contributed by atoms with Crippen LogP contribution in [0.3, 0.4) is 0 Å². The number of nitrogens with one attached hydrogen (secondary N) is 1. The number of hydrogen-bond donors (Lipinski definition) is 1. The average molecular weight is 337 g/mol. The van der Waals surface area contributed by atoms with Gasteiger partial charge in [0.1, 0.15) is 11.2 Å². The van der Waals surface area contributed by atoms with Gasteiger partial charge in [0.25, 0.3) is 5.91 Å². The Bertz CT molecular complexity index is 784. The number of urea groups is 1. The molecule has 2 aromatic heterocycles. The largest absolute Gasteiger partial charge is 0.325 e. The van der Waals surface area contributed by atoms with E-state index in [1.54, 1.807) is 40.7 Å². The number of aromatic nitrogens is 2. The molecule has 8 heteroatoms. The number of thioether (sulfide) groups is 1. The van der Waals surface area contributed by atoms with Crippen molar-refractivity contribution in [1.29, 1.82) is 0 Å². The van der Waals surface area contributed by atoms with Gasteiger partial charge in [0.05, 0.1) is 17.3 Å². The zero-order valence-electron chi connectivity index (χ0n) is 11.6. The molecule has 22 heavy (non-hydrogen) atoms. The molecule has 3 amide bonds. The van der Waals surface area contributed by atoms with Crippen molar-refractivity contribution in [3.63, 3.8) is 0 Å². The van der Waals surface area contributed by atoms with Gasteiger partial charge < -0.3 is 9.72 Å². The van der Waals surface area contributed by atoms with E-state index in [9.17, 15) is 9.59 Å². The molecular weight excluding hydrogens is 324 g/mol. The molecule has 114 valence electrons. The van der Waals surface area contributed by atoms with E-state index >= 15 is 0 Å². The van der Waals surface area contributed by atoms with Gasteiger partial charge in [0, 0.05) is 18.1 Å². The lowest BCUT2D eigenvalue weighted by molar-refractivity contribution is -0.130. The van der Waals surface area contributed by atoms with Gasteiger partial charge in [0.2, 0.25) is 0 Å². The summed E-state index contributed by atoms with van der Waals surface area (Å²) in [6.45, 7) is 0.177. The number of imide groups is 1. The monoisotopic (exact) mass is 336 g/mol. The van der Waals surface area contributed by atoms with Crippen LogP contribution >= 0.6 is 23.4 Å². The predicted molar refractivity (Wildman–Crippen MR) is 84.0 cm³/mol. The first kappa shape index (κ1) is 13.9. The predicted octanol–water partition coefficient (Wildman–Crippen LogP) is 1.92. The lowest BCUT2D eigenvalue weighted by Gasteiger charge is -2.18. The first-order valence-corrected chi connectivity index (χ1v) is 8.46. The first-order valence-electron chi connectivity index (χ1n) is 6.92. The Hall–Kier alpha value is -1.73. The fourth-order valence-electron chi connectivity index (χ4n) is 2.91. The van der Waals surface area contributed by atoms with Gasteiger partial charge in [-0.3, -0.25) is 9.69 Å². The molecule has 0 unspecified atom stereocenters. The van der Waals surface area contributed by atoms with Crippen molar-refractivity contribution >= 4 is 40.9 Å². The van der Waals surface area contributed by atoms with E-state index in [0.29, 0.717) is 22.9 Å². The minimum Gasteiger partial charge on any atom is -0.322 e. The molecule has 0 aliphatic carbocycles. The van der Waals surface area contributed by atoms with Crippen LogP contribution in [0.2, 0.25) is 5.02 Å². The normalized spacial score (nSPS) is 24.7. The van der Waals surface area contributed by atoms with Crippen LogP contribution in [0.4, 0.5) is 4.79 Å². The molecule has 1 spiro atoms. The van der Waals surface area contributed by atoms with E-state index in [1.165, 1.54) is 4.90 Å². The Balaban J connectivity index is 1.61. The van der Waals surface area contributed by atoms with Crippen LogP contribution in [0.15, 0.2) is 24.5 Å². The van der Waals surface area contributed by atoms with Gasteiger partial charge in [-0.1, -0.05) is 11.6 Å². The SMILES string of the molecule is O=C1N[C@]2(CCSC2)C(=O)N1Cc1cn2cc(Cl)ccc2n1. The van der Waals surface area contributed by atoms with Crippen LogP contribution in [0.1, 0.15) is 12.1 Å². The maximum Gasteiger partial charge on any atom is 0.325 e. The molecule has 0 aromatic carbocycles. The second kappa shape index (κ2) is 4.89. The van der Waals surface area contributed by atoms with Crippen molar-refractivity contribution in [3.05, 3.63) is 35.2 Å². The van der Waals surface area contributed by atoms with Crippen molar-refractivity contribution < 1.29 is 9.59 Å². The van der Waals surface area contributed by atoms with Crippen LogP contribution < -0.4 is 5.32 Å². The van der Waals surface area contributed by atoms with Crippen molar-refractivity contribution in [2.75, 3.05) is 11.5 Å². The topological polar surface area (TPSA) is 66.7 Å². The average Bonchev–Trinajstić information content (AvgIpc) is 3.15. The summed E-state index contributed by atoms with van der Waals surface area (Å²) in [6.07, 6.45) is 4.23. The third kappa shape index (κ3) is 2.07. The van der Waals surface area contributed by atoms with Gasteiger partial charge in [-0.2, -0.15) is 11.8 Å². The molecule has 1 N–H and O–H groups in total. The number of rotatable bonds is 2. The van der Waals surface area contributed by atoms with Crippen molar-refractivity contribution in [2.45, 2.75) is 18.5 Å². The quantitative estimate of drug-likeness (QED) is 0.851. The Kier molecular flexibility index (Phi) is 3.09. The number of carbonyl (C=O) groups excluding carboxylic acids is 2. The van der Waals surface area contributed by atoms with Gasteiger partial charge in [-0.25, -0.2) is 9.78 Å². The van der Waals surface area contributed by atoms with Crippen molar-refractivity contribution in [3.8, 4) is 0 Å². The number of fused-ring (bicyclic) bond motifs is 1. The molecule has 2 aromatic rings. The summed E-state index contributed by atoms with van der Waals surface area (Å²) in [5, 5.41) is 3.46. The maximum absolute atomic E-state index is 12.6. The van der Waals surface area contributed by atoms with E-state index in [1.807, 2.05) is 0 Å². The molecule has 2 aliphatic rings. The number of imidazole rings is 1. The highest BCUT2D eigenvalue weighted by atomic mass is 35.5. The second-order valence-electron chi connectivity index (χ2n) is 5.55. The summed E-state index contributed by atoms with van der Waals surface area (Å²) in [4.78, 5) is 30.4. The molecule has 6 nitrogen and oxygen atoms in total. The molecule has 0 radical (unpaired) electrons. The standard InChI is InChI=1S/C14H13ClN4O2S/c15-9-1-2-11-16-10(6-18(11)5-9)7-19-12(20)14(17-13(19)21)3-4-22-8-14/h1-2,5-6H,3-4,7-8H2,(H,17,21)/t14-/m0/s1. The number of amides is 3. The van der Waals surface area contributed by atoms with Crippen LogP contribution in [0.5, 0.6) is 0 Å². The summed E-state index contributed by atoms with van der Waals surface area (Å²) >= 11 is 7.64. The van der Waals surface area contributed by atoms with E-state index < -0.39 is 5.54 Å². The Morgan fingerprint density at radius 1 is 1.36 bits per heavy atom. The lowest BCUT2D eigenvalue weighted by Crippen LogP contribution is -2.46. The Labute approximate surface area is 135 Å². The molecule has 0 saturated carbocycles. The second-order valence-corrected chi connectivity index (χ2v) is 7.09. The van der Waals surface area contributed by atoms with E-state index in [0.717, 1.165) is 11.4 Å². The van der Waals surface area contributed by atoms with Crippen molar-refractivity contribution in [2.24, 2.45) is 0 Å². The van der Waals surface area contributed by atoms with Gasteiger partial charge in [-0.15, -0.1) is 0 Å². The summed E-state index contributed by atoms with van der Waals surface area (Å²) in [6, 6.07) is 3.22. The molecular formula is C14H13ClN4O2S. The number of halogens is 1. The van der Waals surface area contributed by atoms with Gasteiger partial charge >= 0.3 is 6.03 Å². The first-order chi connectivity index (χ1) is 10.6. The van der Waals surface area contributed by atoms with Crippen LogP contribution in [0.25, 0.3) is 5.65 Å². The molecule has 1 atom stereocenters. The number of carbonyl (C=O) groups is 2. The molecule has 4 heterocycles. The third-order valence-electron chi connectivity index (χ3n) is 4.05. The molecule has 2 fully saturated rings. The van der Waals surface area contributed by atoms with E-state index in [4.69, 9.17) is 11.6 Å². The highest BCUT2D eigenvalue weighted by Gasteiger charge is 2.52. The fraction of sp³-hybridized carbons (Fsp3) is 0.357. The van der Waals surface area contributed by atoms with Crippen LogP contribution in [0, 0.1) is 0 Å². The molecule has 2 saturated heterocycles. The zero-order valence-corrected chi connectivity index (χ0v) is 13.2. The lowest BCUT2D eigenvalue weighted by atomic mass is 9.99. The summed E-state index contributed by atoms with van der Waals surface area (Å²) in [7, 11) is 0. The van der Waals surface area contributed by atoms with Gasteiger partial charge in [-0.05, 0) is 24.3 Å². The molecule has 4 rings (SSSR count). The van der Waals surface area contributed by atoms with Gasteiger partial charge in [0.15, 0.2) is 0 Å². The number of hydrogen-bond acceptors (Lipinski definition) is 4. The molecule has 2 aliphatic heterocycles. The Morgan fingerprint density at radius 2 is 2.23 bits per heavy atom. The van der Waals surface area contributed by atoms with Crippen molar-refractivity contribution in [1.82, 2.24) is 19.6 Å². The zero-order chi connectivity index (χ0) is 15.3. The maximum atomic E-state index is 12.6. The minimum absolute atomic E-state index is 0.141. The van der Waals surface area contributed by atoms with Crippen LogP contribution in [-0.4, -0.2) is 43.3 Å². The highest BCUT2D eigenvalue weighted by molar-refractivity contribution is 7.99. The summed E-state index contributed by atoms with van der Waals surface area (Å²) < 4.78 is 1.79. The number of pyridine rings is 1. The fourth-order valence-corrected chi connectivity index (χ4v) is 4.40. The Morgan fingerprint density at radius 3 is 3.00 bits per heavy atom. The number of nitrogens with zero attached hydrogens (tertiary/aromatic N) is 3. The van der Waals surface area contributed by atoms with Crippen LogP contribution in [-0.2, 0) is 11.3 Å². The highest BCUT2D eigenvalue weighted by Crippen LogP contribution is 2.33. The molecule has 0 bridgehead atoms. The summed E-state index contributed by atoms with van der Waals surface area (Å²) in [5.74, 6) is 1.40. The summed E-state index contributed by atoms with van der Waals surface area (Å²) in [5.41, 5.74) is 0.690. The third-order valence-corrected chi connectivity index (χ3v) is 5.47. The van der Waals surface area contributed by atoms with E-state index in [-0.39, 0.29) is 18.5 Å². The van der Waals surface area contributed by atoms with E-state index in [2.05, 4.69) is 10.3 Å². The minimum atomic E-state index is -0.704. The smallest absolute Gasteiger partial charge is 0.322 e.